The number of hydrogen-bond donors (Lipinski definition) is 1. The van der Waals surface area contributed by atoms with Gasteiger partial charge in [-0.1, -0.05) is 25.5 Å². The molecule has 0 aromatic carbocycles. The van der Waals surface area contributed by atoms with Gasteiger partial charge in [-0.05, 0) is 37.5 Å². The normalized spacial score (nSPS) is 24.4. The fraction of sp³-hybridized carbons (Fsp3) is 0.846. The smallest absolute Gasteiger partial charge is 0.374 e. The highest BCUT2D eigenvalue weighted by molar-refractivity contribution is 5.03. The maximum absolute atomic E-state index is 12.5. The third-order valence-electron chi connectivity index (χ3n) is 3.86. The van der Waals surface area contributed by atoms with Crippen molar-refractivity contribution in [3.05, 3.63) is 12.2 Å². The summed E-state index contributed by atoms with van der Waals surface area (Å²) in [5.74, 6) is -0.253. The van der Waals surface area contributed by atoms with Gasteiger partial charge in [-0.3, -0.25) is 0 Å². The van der Waals surface area contributed by atoms with Crippen LogP contribution in [-0.2, 0) is 0 Å². The second-order valence-electron chi connectivity index (χ2n) is 5.27. The Morgan fingerprint density at radius 3 is 2.05 bits per heavy atom. The summed E-state index contributed by atoms with van der Waals surface area (Å²) in [7, 11) is 0. The number of rotatable bonds is 5. The van der Waals surface area contributed by atoms with E-state index in [1.165, 1.54) is 0 Å². The van der Waals surface area contributed by atoms with Gasteiger partial charge in [0.1, 0.15) is 0 Å². The van der Waals surface area contributed by atoms with Gasteiger partial charge in [0.25, 0.3) is 5.60 Å². The van der Waals surface area contributed by atoms with Gasteiger partial charge in [-0.15, -0.1) is 0 Å². The number of allylic oxidation sites excluding steroid dienone is 2. The fourth-order valence-corrected chi connectivity index (χ4v) is 2.61. The van der Waals surface area contributed by atoms with Gasteiger partial charge in [0.05, 0.1) is 0 Å². The molecule has 7 heteroatoms. The van der Waals surface area contributed by atoms with Crippen molar-refractivity contribution < 1.29 is 31.4 Å². The Balaban J connectivity index is 2.76. The molecule has 0 saturated carbocycles. The standard InChI is InChI=1S/C13H18F6O/c1-2-4-9-5-3-6-10(9)7-8-11(20,12(14,15)16)13(17,18)19/h3,6,9-10,20H,2,4-5,7-8H2,1H3. The number of halogens is 6. The van der Waals surface area contributed by atoms with E-state index in [4.69, 9.17) is 5.11 Å². The molecule has 1 aliphatic rings. The number of hydrogen-bond acceptors (Lipinski definition) is 1. The number of alkyl halides is 6. The van der Waals surface area contributed by atoms with Crippen LogP contribution in [0.4, 0.5) is 26.3 Å². The molecule has 0 heterocycles. The van der Waals surface area contributed by atoms with Crippen LogP contribution in [0.2, 0.25) is 0 Å². The first-order valence-electron chi connectivity index (χ1n) is 6.55. The number of aliphatic hydroxyl groups is 1. The van der Waals surface area contributed by atoms with Crippen molar-refractivity contribution in [3.8, 4) is 0 Å². The largest absolute Gasteiger partial charge is 0.426 e. The lowest BCUT2D eigenvalue weighted by Crippen LogP contribution is -2.56. The Kier molecular flexibility index (Phi) is 5.16. The molecular formula is C13H18F6O. The second kappa shape index (κ2) is 5.95. The Hall–Kier alpha value is -0.720. The Bertz CT molecular complexity index is 330. The summed E-state index contributed by atoms with van der Waals surface area (Å²) in [6, 6.07) is 0. The summed E-state index contributed by atoms with van der Waals surface area (Å²) in [5.41, 5.74) is -4.62. The van der Waals surface area contributed by atoms with E-state index in [0.717, 1.165) is 12.8 Å². The van der Waals surface area contributed by atoms with E-state index in [-0.39, 0.29) is 18.3 Å². The first kappa shape index (κ1) is 17.3. The van der Waals surface area contributed by atoms with Crippen molar-refractivity contribution >= 4 is 0 Å². The quantitative estimate of drug-likeness (QED) is 0.580. The molecule has 0 saturated heterocycles. The monoisotopic (exact) mass is 304 g/mol. The molecule has 0 fully saturated rings. The highest BCUT2D eigenvalue weighted by Gasteiger charge is 2.69. The molecule has 0 bridgehead atoms. The highest BCUT2D eigenvalue weighted by atomic mass is 19.4. The van der Waals surface area contributed by atoms with E-state index in [0.29, 0.717) is 6.42 Å². The minimum Gasteiger partial charge on any atom is -0.374 e. The van der Waals surface area contributed by atoms with Crippen LogP contribution in [0.1, 0.15) is 39.0 Å². The third kappa shape index (κ3) is 3.48. The average molecular weight is 304 g/mol. The van der Waals surface area contributed by atoms with Crippen molar-refractivity contribution in [2.45, 2.75) is 57.0 Å². The predicted molar refractivity (Wildman–Crippen MR) is 61.9 cm³/mol. The van der Waals surface area contributed by atoms with E-state index < -0.39 is 24.4 Å². The molecule has 0 spiro atoms. The van der Waals surface area contributed by atoms with Crippen molar-refractivity contribution in [3.63, 3.8) is 0 Å². The van der Waals surface area contributed by atoms with Gasteiger partial charge >= 0.3 is 12.4 Å². The summed E-state index contributed by atoms with van der Waals surface area (Å²) in [4.78, 5) is 0. The lowest BCUT2D eigenvalue weighted by molar-refractivity contribution is -0.370. The summed E-state index contributed by atoms with van der Waals surface area (Å²) < 4.78 is 75.2. The van der Waals surface area contributed by atoms with Gasteiger partial charge in [-0.25, -0.2) is 0 Å². The van der Waals surface area contributed by atoms with Gasteiger partial charge in [0, 0.05) is 0 Å². The molecule has 1 rings (SSSR count). The van der Waals surface area contributed by atoms with Crippen molar-refractivity contribution in [2.24, 2.45) is 11.8 Å². The summed E-state index contributed by atoms with van der Waals surface area (Å²) in [6.07, 6.45) is -7.40. The molecule has 0 radical (unpaired) electrons. The molecule has 2 atom stereocenters. The van der Waals surface area contributed by atoms with E-state index in [9.17, 15) is 26.3 Å². The van der Waals surface area contributed by atoms with Crippen LogP contribution in [-0.4, -0.2) is 23.1 Å². The van der Waals surface area contributed by atoms with Crippen LogP contribution in [0.5, 0.6) is 0 Å². The summed E-state index contributed by atoms with van der Waals surface area (Å²) in [5, 5.41) is 9.09. The minimum absolute atomic E-state index is 0.0747. The third-order valence-corrected chi connectivity index (χ3v) is 3.86. The Morgan fingerprint density at radius 2 is 1.60 bits per heavy atom. The van der Waals surface area contributed by atoms with Gasteiger partial charge in [0.15, 0.2) is 0 Å². The maximum atomic E-state index is 12.5. The SMILES string of the molecule is CCCC1CC=CC1CCC(O)(C(F)(F)F)C(F)(F)F. The lowest BCUT2D eigenvalue weighted by Gasteiger charge is -2.33. The van der Waals surface area contributed by atoms with Crippen molar-refractivity contribution in [1.29, 1.82) is 0 Å². The topological polar surface area (TPSA) is 20.2 Å². The summed E-state index contributed by atoms with van der Waals surface area (Å²) in [6.45, 7) is 1.91. The summed E-state index contributed by atoms with van der Waals surface area (Å²) >= 11 is 0. The zero-order chi connectivity index (χ0) is 15.6. The van der Waals surface area contributed by atoms with E-state index in [2.05, 4.69) is 0 Å². The van der Waals surface area contributed by atoms with Gasteiger partial charge in [0.2, 0.25) is 0 Å². The van der Waals surface area contributed by atoms with Crippen molar-refractivity contribution in [1.82, 2.24) is 0 Å². The Morgan fingerprint density at radius 1 is 1.05 bits per heavy atom. The van der Waals surface area contributed by atoms with Gasteiger partial charge < -0.3 is 5.11 Å². The van der Waals surface area contributed by atoms with Crippen LogP contribution in [0.25, 0.3) is 0 Å². The average Bonchev–Trinajstić information content (AvgIpc) is 2.71. The second-order valence-corrected chi connectivity index (χ2v) is 5.27. The molecule has 1 nitrogen and oxygen atoms in total. The zero-order valence-corrected chi connectivity index (χ0v) is 11.1. The van der Waals surface area contributed by atoms with E-state index in [1.807, 2.05) is 6.92 Å². The van der Waals surface area contributed by atoms with E-state index in [1.54, 1.807) is 12.2 Å². The molecule has 1 N–H and O–H groups in total. The molecular weight excluding hydrogens is 286 g/mol. The van der Waals surface area contributed by atoms with Crippen LogP contribution >= 0.6 is 0 Å². The Labute approximate surface area is 113 Å². The van der Waals surface area contributed by atoms with E-state index >= 15 is 0 Å². The van der Waals surface area contributed by atoms with Crippen molar-refractivity contribution in [2.75, 3.05) is 0 Å². The first-order chi connectivity index (χ1) is 9.03. The minimum atomic E-state index is -5.71. The van der Waals surface area contributed by atoms with Gasteiger partial charge in [-0.2, -0.15) is 26.3 Å². The molecule has 20 heavy (non-hydrogen) atoms. The molecule has 0 aromatic heterocycles. The maximum Gasteiger partial charge on any atom is 0.426 e. The molecule has 0 amide bonds. The predicted octanol–water partition coefficient (Wildman–Crippen LogP) is 4.61. The first-order valence-corrected chi connectivity index (χ1v) is 6.55. The van der Waals surface area contributed by atoms with Crippen LogP contribution in [0.3, 0.4) is 0 Å². The molecule has 0 aliphatic heterocycles. The van der Waals surface area contributed by atoms with Crippen LogP contribution < -0.4 is 0 Å². The molecule has 2 unspecified atom stereocenters. The lowest BCUT2D eigenvalue weighted by atomic mass is 9.84. The van der Waals surface area contributed by atoms with Crippen LogP contribution in [0.15, 0.2) is 12.2 Å². The fourth-order valence-electron chi connectivity index (χ4n) is 2.61. The zero-order valence-electron chi connectivity index (χ0n) is 11.1. The van der Waals surface area contributed by atoms with Crippen LogP contribution in [0, 0.1) is 11.8 Å². The molecule has 118 valence electrons. The molecule has 0 aromatic rings. The molecule has 1 aliphatic carbocycles. The highest BCUT2D eigenvalue weighted by Crippen LogP contribution is 2.47.